The SMILES string of the molecule is CN(C)C1(CNC(=O)C2(CN)CCCC2)CCCC1. The number of hydrogen-bond acceptors (Lipinski definition) is 3. The average molecular weight is 267 g/mol. The van der Waals surface area contributed by atoms with Gasteiger partial charge in [-0.05, 0) is 39.8 Å². The first-order valence-corrected chi connectivity index (χ1v) is 7.71. The fourth-order valence-electron chi connectivity index (χ4n) is 3.82. The first-order chi connectivity index (χ1) is 9.05. The average Bonchev–Trinajstić information content (AvgIpc) is 3.06. The molecule has 0 radical (unpaired) electrons. The van der Waals surface area contributed by atoms with Gasteiger partial charge in [0.2, 0.25) is 5.91 Å². The van der Waals surface area contributed by atoms with Gasteiger partial charge in [-0.15, -0.1) is 0 Å². The number of carbonyl (C=O) groups excluding carboxylic acids is 1. The van der Waals surface area contributed by atoms with Crippen LogP contribution in [-0.2, 0) is 4.79 Å². The van der Waals surface area contributed by atoms with E-state index in [2.05, 4.69) is 24.3 Å². The lowest BCUT2D eigenvalue weighted by Gasteiger charge is -2.38. The zero-order valence-corrected chi connectivity index (χ0v) is 12.5. The summed E-state index contributed by atoms with van der Waals surface area (Å²) < 4.78 is 0. The van der Waals surface area contributed by atoms with E-state index in [0.29, 0.717) is 6.54 Å². The Labute approximate surface area is 117 Å². The van der Waals surface area contributed by atoms with Crippen molar-refractivity contribution in [1.29, 1.82) is 0 Å². The van der Waals surface area contributed by atoms with Crippen LogP contribution in [0.15, 0.2) is 0 Å². The molecule has 2 fully saturated rings. The maximum absolute atomic E-state index is 12.5. The van der Waals surface area contributed by atoms with E-state index in [0.717, 1.165) is 32.2 Å². The minimum Gasteiger partial charge on any atom is -0.354 e. The summed E-state index contributed by atoms with van der Waals surface area (Å²) in [5.74, 6) is 0.195. The van der Waals surface area contributed by atoms with Gasteiger partial charge in [0.05, 0.1) is 5.41 Å². The molecule has 2 aliphatic carbocycles. The molecule has 1 amide bonds. The van der Waals surface area contributed by atoms with E-state index in [1.165, 1.54) is 25.7 Å². The van der Waals surface area contributed by atoms with Crippen molar-refractivity contribution >= 4 is 5.91 Å². The third-order valence-corrected chi connectivity index (χ3v) is 5.49. The number of likely N-dealkylation sites (N-methyl/N-ethyl adjacent to an activating group) is 1. The maximum Gasteiger partial charge on any atom is 0.227 e. The molecule has 0 aliphatic heterocycles. The van der Waals surface area contributed by atoms with Gasteiger partial charge in [-0.1, -0.05) is 25.7 Å². The van der Waals surface area contributed by atoms with Crippen LogP contribution in [-0.4, -0.2) is 43.5 Å². The van der Waals surface area contributed by atoms with Gasteiger partial charge in [0.15, 0.2) is 0 Å². The number of nitrogens with zero attached hydrogens (tertiary/aromatic N) is 1. The van der Waals surface area contributed by atoms with Crippen LogP contribution in [0.5, 0.6) is 0 Å². The molecule has 4 nitrogen and oxygen atoms in total. The molecule has 2 rings (SSSR count). The van der Waals surface area contributed by atoms with Crippen molar-refractivity contribution in [2.75, 3.05) is 27.2 Å². The van der Waals surface area contributed by atoms with E-state index >= 15 is 0 Å². The molecule has 0 aromatic carbocycles. The molecular weight excluding hydrogens is 238 g/mol. The summed E-state index contributed by atoms with van der Waals surface area (Å²) in [5.41, 5.74) is 5.77. The summed E-state index contributed by atoms with van der Waals surface area (Å²) in [7, 11) is 4.26. The van der Waals surface area contributed by atoms with Crippen LogP contribution in [0.1, 0.15) is 51.4 Å². The fraction of sp³-hybridized carbons (Fsp3) is 0.933. The van der Waals surface area contributed by atoms with E-state index in [1.54, 1.807) is 0 Å². The second-order valence-corrected chi connectivity index (χ2v) is 6.70. The minimum atomic E-state index is -0.272. The maximum atomic E-state index is 12.5. The molecule has 0 spiro atoms. The number of hydrogen-bond donors (Lipinski definition) is 2. The Hall–Kier alpha value is -0.610. The number of rotatable bonds is 5. The van der Waals surface area contributed by atoms with Crippen molar-refractivity contribution in [3.05, 3.63) is 0 Å². The lowest BCUT2D eigenvalue weighted by Crippen LogP contribution is -2.54. The van der Waals surface area contributed by atoms with Gasteiger partial charge in [0.25, 0.3) is 0 Å². The molecule has 0 bridgehead atoms. The molecular formula is C15H29N3O. The zero-order valence-electron chi connectivity index (χ0n) is 12.5. The standard InChI is InChI=1S/C15H29N3O/c1-18(2)15(9-5-6-10-15)12-17-13(19)14(11-16)7-3-4-8-14/h3-12,16H2,1-2H3,(H,17,19). The van der Waals surface area contributed by atoms with Crippen LogP contribution in [0.4, 0.5) is 0 Å². The van der Waals surface area contributed by atoms with Crippen LogP contribution in [0.25, 0.3) is 0 Å². The monoisotopic (exact) mass is 267 g/mol. The Kier molecular flexibility index (Phi) is 4.51. The number of nitrogens with one attached hydrogen (secondary N) is 1. The van der Waals surface area contributed by atoms with Crippen molar-refractivity contribution < 1.29 is 4.79 Å². The number of carbonyl (C=O) groups is 1. The summed E-state index contributed by atoms with van der Waals surface area (Å²) in [5, 5.41) is 3.22. The van der Waals surface area contributed by atoms with Crippen LogP contribution in [0, 0.1) is 5.41 Å². The van der Waals surface area contributed by atoms with Gasteiger partial charge in [-0.2, -0.15) is 0 Å². The molecule has 4 heteroatoms. The Morgan fingerprint density at radius 2 is 1.63 bits per heavy atom. The van der Waals surface area contributed by atoms with Crippen LogP contribution >= 0.6 is 0 Å². The number of amides is 1. The molecule has 0 aromatic rings. The van der Waals surface area contributed by atoms with Crippen molar-refractivity contribution in [1.82, 2.24) is 10.2 Å². The highest BCUT2D eigenvalue weighted by Crippen LogP contribution is 2.38. The van der Waals surface area contributed by atoms with Crippen LogP contribution < -0.4 is 11.1 Å². The van der Waals surface area contributed by atoms with Crippen molar-refractivity contribution in [3.8, 4) is 0 Å². The Morgan fingerprint density at radius 1 is 1.11 bits per heavy atom. The highest BCUT2D eigenvalue weighted by Gasteiger charge is 2.42. The van der Waals surface area contributed by atoms with Crippen LogP contribution in [0.3, 0.4) is 0 Å². The molecule has 0 aromatic heterocycles. The van der Waals surface area contributed by atoms with E-state index in [1.807, 2.05) is 0 Å². The first-order valence-electron chi connectivity index (χ1n) is 7.71. The minimum absolute atomic E-state index is 0.171. The van der Waals surface area contributed by atoms with E-state index < -0.39 is 0 Å². The largest absolute Gasteiger partial charge is 0.354 e. The lowest BCUT2D eigenvalue weighted by atomic mass is 9.84. The van der Waals surface area contributed by atoms with Gasteiger partial charge < -0.3 is 16.0 Å². The molecule has 0 unspecified atom stereocenters. The van der Waals surface area contributed by atoms with E-state index in [9.17, 15) is 4.79 Å². The topological polar surface area (TPSA) is 58.4 Å². The molecule has 0 atom stereocenters. The quantitative estimate of drug-likeness (QED) is 0.793. The molecule has 2 saturated carbocycles. The van der Waals surface area contributed by atoms with Gasteiger partial charge in [-0.25, -0.2) is 0 Å². The Morgan fingerprint density at radius 3 is 2.11 bits per heavy atom. The summed E-state index contributed by atoms with van der Waals surface area (Å²) in [6.45, 7) is 1.27. The molecule has 110 valence electrons. The second-order valence-electron chi connectivity index (χ2n) is 6.70. The molecule has 0 saturated heterocycles. The van der Waals surface area contributed by atoms with Gasteiger partial charge >= 0.3 is 0 Å². The molecule has 19 heavy (non-hydrogen) atoms. The highest BCUT2D eigenvalue weighted by atomic mass is 16.2. The predicted octanol–water partition coefficient (Wildman–Crippen LogP) is 1.50. The Bertz CT molecular complexity index is 315. The zero-order chi connectivity index (χ0) is 13.9. The third kappa shape index (κ3) is 2.79. The predicted molar refractivity (Wildman–Crippen MR) is 77.9 cm³/mol. The lowest BCUT2D eigenvalue weighted by molar-refractivity contribution is -0.130. The summed E-state index contributed by atoms with van der Waals surface area (Å²) in [4.78, 5) is 14.8. The van der Waals surface area contributed by atoms with Gasteiger partial charge in [0.1, 0.15) is 0 Å². The van der Waals surface area contributed by atoms with E-state index in [4.69, 9.17) is 5.73 Å². The molecule has 0 heterocycles. The summed E-state index contributed by atoms with van der Waals surface area (Å²) >= 11 is 0. The second kappa shape index (κ2) is 5.80. The Balaban J connectivity index is 1.95. The summed E-state index contributed by atoms with van der Waals surface area (Å²) in [6.07, 6.45) is 9.14. The third-order valence-electron chi connectivity index (χ3n) is 5.49. The molecule has 2 aliphatic rings. The van der Waals surface area contributed by atoms with Crippen molar-refractivity contribution in [3.63, 3.8) is 0 Å². The van der Waals surface area contributed by atoms with Crippen molar-refractivity contribution in [2.45, 2.75) is 56.9 Å². The first kappa shape index (κ1) is 14.8. The highest BCUT2D eigenvalue weighted by molar-refractivity contribution is 5.83. The van der Waals surface area contributed by atoms with Gasteiger partial charge in [-0.3, -0.25) is 4.79 Å². The van der Waals surface area contributed by atoms with Crippen molar-refractivity contribution in [2.24, 2.45) is 11.1 Å². The van der Waals surface area contributed by atoms with E-state index in [-0.39, 0.29) is 16.9 Å². The smallest absolute Gasteiger partial charge is 0.227 e. The normalized spacial score (nSPS) is 24.8. The van der Waals surface area contributed by atoms with Crippen LogP contribution in [0.2, 0.25) is 0 Å². The number of nitrogens with two attached hydrogens (primary N) is 1. The summed E-state index contributed by atoms with van der Waals surface area (Å²) in [6, 6.07) is 0. The fourth-order valence-corrected chi connectivity index (χ4v) is 3.82. The van der Waals surface area contributed by atoms with Gasteiger partial charge in [0, 0.05) is 18.6 Å². The molecule has 3 N–H and O–H groups in total.